The molecule has 0 saturated heterocycles. The molecule has 0 bridgehead atoms. The number of halogens is 1. The van der Waals surface area contributed by atoms with Gasteiger partial charge in [-0.1, -0.05) is 19.9 Å². The minimum atomic E-state index is 0.301. The van der Waals surface area contributed by atoms with Crippen molar-refractivity contribution >= 4 is 28.3 Å². The van der Waals surface area contributed by atoms with Gasteiger partial charge in [0.05, 0.1) is 5.52 Å². The van der Waals surface area contributed by atoms with Crippen LogP contribution in [0.1, 0.15) is 32.3 Å². The maximum absolute atomic E-state index is 5.98. The third-order valence-electron chi connectivity index (χ3n) is 3.17. The number of hydrogen-bond donors (Lipinski definition) is 0. The largest absolute Gasteiger partial charge is 0.359 e. The van der Waals surface area contributed by atoms with E-state index in [2.05, 4.69) is 47.8 Å². The van der Waals surface area contributed by atoms with E-state index in [1.807, 2.05) is 13.1 Å². The van der Waals surface area contributed by atoms with Gasteiger partial charge < -0.3 is 4.90 Å². The van der Waals surface area contributed by atoms with Gasteiger partial charge in [-0.25, -0.2) is 4.98 Å². The van der Waals surface area contributed by atoms with Gasteiger partial charge in [0.2, 0.25) is 5.28 Å². The van der Waals surface area contributed by atoms with Crippen molar-refractivity contribution in [2.75, 3.05) is 18.5 Å². The molecular formula is C14H18ClN3. The summed E-state index contributed by atoms with van der Waals surface area (Å²) in [6.45, 7) is 7.34. The molecule has 0 saturated carbocycles. The van der Waals surface area contributed by atoms with Crippen LogP contribution in [0.5, 0.6) is 0 Å². The van der Waals surface area contributed by atoms with Gasteiger partial charge in [0.15, 0.2) is 0 Å². The number of rotatable bonds is 3. The molecule has 0 spiro atoms. The molecule has 96 valence electrons. The first kappa shape index (κ1) is 13.1. The van der Waals surface area contributed by atoms with E-state index in [1.165, 1.54) is 5.56 Å². The molecule has 0 N–H and O–H groups in total. The highest BCUT2D eigenvalue weighted by atomic mass is 35.5. The van der Waals surface area contributed by atoms with Crippen molar-refractivity contribution in [1.82, 2.24) is 9.97 Å². The SMILES string of the molecule is CCN(C)c1nc(Cl)nc2ccc(C(C)C)cc12. The van der Waals surface area contributed by atoms with Crippen molar-refractivity contribution in [3.63, 3.8) is 0 Å². The van der Waals surface area contributed by atoms with E-state index in [0.717, 1.165) is 23.3 Å². The molecule has 2 aromatic rings. The molecule has 0 aliphatic rings. The molecule has 0 fully saturated rings. The first-order valence-corrected chi connectivity index (χ1v) is 6.59. The second-order valence-electron chi connectivity index (χ2n) is 4.76. The zero-order valence-corrected chi connectivity index (χ0v) is 12.0. The van der Waals surface area contributed by atoms with Crippen molar-refractivity contribution in [3.8, 4) is 0 Å². The Bertz CT molecular complexity index is 566. The van der Waals surface area contributed by atoms with Crippen molar-refractivity contribution in [3.05, 3.63) is 29.0 Å². The number of fused-ring (bicyclic) bond motifs is 1. The van der Waals surface area contributed by atoms with Crippen molar-refractivity contribution in [1.29, 1.82) is 0 Å². The number of aromatic nitrogens is 2. The lowest BCUT2D eigenvalue weighted by atomic mass is 10.0. The van der Waals surface area contributed by atoms with Crippen LogP contribution < -0.4 is 4.90 Å². The second-order valence-corrected chi connectivity index (χ2v) is 5.10. The van der Waals surface area contributed by atoms with E-state index in [0.29, 0.717) is 11.2 Å². The Morgan fingerprint density at radius 1 is 1.28 bits per heavy atom. The lowest BCUT2D eigenvalue weighted by Gasteiger charge is -2.18. The molecule has 0 aliphatic heterocycles. The van der Waals surface area contributed by atoms with Crippen LogP contribution in [0.15, 0.2) is 18.2 Å². The topological polar surface area (TPSA) is 29.0 Å². The summed E-state index contributed by atoms with van der Waals surface area (Å²) in [7, 11) is 2.01. The first-order valence-electron chi connectivity index (χ1n) is 6.21. The Hall–Kier alpha value is -1.35. The predicted molar refractivity (Wildman–Crippen MR) is 77.6 cm³/mol. The lowest BCUT2D eigenvalue weighted by molar-refractivity contribution is 0.867. The Balaban J connectivity index is 2.70. The molecule has 4 heteroatoms. The number of hydrogen-bond acceptors (Lipinski definition) is 3. The van der Waals surface area contributed by atoms with Gasteiger partial charge in [-0.05, 0) is 42.1 Å². The van der Waals surface area contributed by atoms with E-state index in [-0.39, 0.29) is 0 Å². The highest BCUT2D eigenvalue weighted by molar-refractivity contribution is 6.28. The maximum atomic E-state index is 5.98. The van der Waals surface area contributed by atoms with Gasteiger partial charge >= 0.3 is 0 Å². The molecular weight excluding hydrogens is 246 g/mol. The fourth-order valence-electron chi connectivity index (χ4n) is 1.90. The molecule has 18 heavy (non-hydrogen) atoms. The monoisotopic (exact) mass is 263 g/mol. The quantitative estimate of drug-likeness (QED) is 0.788. The lowest BCUT2D eigenvalue weighted by Crippen LogP contribution is -2.18. The average Bonchev–Trinajstić information content (AvgIpc) is 2.36. The first-order chi connectivity index (χ1) is 8.52. The van der Waals surface area contributed by atoms with Crippen LogP contribution in [0.4, 0.5) is 5.82 Å². The Kier molecular flexibility index (Phi) is 3.71. The van der Waals surface area contributed by atoms with Crippen molar-refractivity contribution in [2.24, 2.45) is 0 Å². The van der Waals surface area contributed by atoms with E-state index >= 15 is 0 Å². The van der Waals surface area contributed by atoms with Gasteiger partial charge in [0.1, 0.15) is 5.82 Å². The summed E-state index contributed by atoms with van der Waals surface area (Å²) in [5.74, 6) is 1.39. The van der Waals surface area contributed by atoms with Crippen LogP contribution in [-0.2, 0) is 0 Å². The van der Waals surface area contributed by atoms with Crippen LogP contribution in [0, 0.1) is 0 Å². The standard InChI is InChI=1S/C14H18ClN3/c1-5-18(4)13-11-8-10(9(2)3)6-7-12(11)16-14(15)17-13/h6-9H,5H2,1-4H3. The molecule has 1 aromatic heterocycles. The van der Waals surface area contributed by atoms with Gasteiger partial charge in [-0.3, -0.25) is 0 Å². The fourth-order valence-corrected chi connectivity index (χ4v) is 2.07. The molecule has 0 amide bonds. The van der Waals surface area contributed by atoms with E-state index < -0.39 is 0 Å². The van der Waals surface area contributed by atoms with Crippen LogP contribution in [0.2, 0.25) is 5.28 Å². The number of anilines is 1. The van der Waals surface area contributed by atoms with E-state index in [1.54, 1.807) is 0 Å². The molecule has 0 atom stereocenters. The Labute approximate surface area is 113 Å². The predicted octanol–water partition coefficient (Wildman–Crippen LogP) is 3.86. The Morgan fingerprint density at radius 2 is 2.00 bits per heavy atom. The van der Waals surface area contributed by atoms with Gasteiger partial charge in [0, 0.05) is 19.0 Å². The van der Waals surface area contributed by atoms with Gasteiger partial charge in [-0.15, -0.1) is 0 Å². The summed E-state index contributed by atoms with van der Waals surface area (Å²) in [5, 5.41) is 1.37. The van der Waals surface area contributed by atoms with Gasteiger partial charge in [0.25, 0.3) is 0 Å². The summed E-state index contributed by atoms with van der Waals surface area (Å²) < 4.78 is 0. The van der Waals surface area contributed by atoms with Crippen LogP contribution in [0.3, 0.4) is 0 Å². The summed E-state index contributed by atoms with van der Waals surface area (Å²) >= 11 is 5.98. The summed E-state index contributed by atoms with van der Waals surface area (Å²) in [6, 6.07) is 6.29. The minimum absolute atomic E-state index is 0.301. The average molecular weight is 264 g/mol. The smallest absolute Gasteiger partial charge is 0.224 e. The number of benzene rings is 1. The Morgan fingerprint density at radius 3 is 2.61 bits per heavy atom. The summed E-state index contributed by atoms with van der Waals surface area (Å²) in [4.78, 5) is 10.7. The van der Waals surface area contributed by atoms with E-state index in [4.69, 9.17) is 11.6 Å². The van der Waals surface area contributed by atoms with Crippen molar-refractivity contribution < 1.29 is 0 Å². The van der Waals surface area contributed by atoms with E-state index in [9.17, 15) is 0 Å². The highest BCUT2D eigenvalue weighted by Crippen LogP contribution is 2.27. The third kappa shape index (κ3) is 2.41. The molecule has 1 heterocycles. The fraction of sp³-hybridized carbons (Fsp3) is 0.429. The highest BCUT2D eigenvalue weighted by Gasteiger charge is 2.11. The van der Waals surface area contributed by atoms with Crippen LogP contribution in [0.25, 0.3) is 10.9 Å². The minimum Gasteiger partial charge on any atom is -0.359 e. The molecule has 0 unspecified atom stereocenters. The normalized spacial score (nSPS) is 11.2. The molecule has 0 radical (unpaired) electrons. The third-order valence-corrected chi connectivity index (χ3v) is 3.34. The molecule has 0 aliphatic carbocycles. The zero-order valence-electron chi connectivity index (χ0n) is 11.2. The maximum Gasteiger partial charge on any atom is 0.224 e. The van der Waals surface area contributed by atoms with Crippen molar-refractivity contribution in [2.45, 2.75) is 26.7 Å². The second kappa shape index (κ2) is 5.11. The molecule has 1 aromatic carbocycles. The van der Waals surface area contributed by atoms with Crippen LogP contribution >= 0.6 is 11.6 Å². The zero-order chi connectivity index (χ0) is 13.3. The van der Waals surface area contributed by atoms with Crippen LogP contribution in [-0.4, -0.2) is 23.6 Å². The summed E-state index contributed by atoms with van der Waals surface area (Å²) in [6.07, 6.45) is 0. The van der Waals surface area contributed by atoms with Gasteiger partial charge in [-0.2, -0.15) is 4.98 Å². The summed E-state index contributed by atoms with van der Waals surface area (Å²) in [5.41, 5.74) is 2.19. The number of nitrogens with zero attached hydrogens (tertiary/aromatic N) is 3. The molecule has 2 rings (SSSR count). The molecule has 3 nitrogen and oxygen atoms in total.